The quantitative estimate of drug-likeness (QED) is 0.781. The van der Waals surface area contributed by atoms with Crippen LogP contribution in [0.15, 0.2) is 18.2 Å². The van der Waals surface area contributed by atoms with E-state index in [1.165, 1.54) is 6.07 Å². The van der Waals surface area contributed by atoms with Crippen LogP contribution in [0.25, 0.3) is 0 Å². The van der Waals surface area contributed by atoms with E-state index in [0.717, 1.165) is 30.4 Å². The molecule has 0 saturated carbocycles. The van der Waals surface area contributed by atoms with Crippen LogP contribution in [-0.4, -0.2) is 16.2 Å². The molecule has 82 valence electrons. The second kappa shape index (κ2) is 5.39. The number of phenolic OH excluding ortho intramolecular Hbond substituents is 1. The van der Waals surface area contributed by atoms with Crippen LogP contribution in [0, 0.1) is 0 Å². The summed E-state index contributed by atoms with van der Waals surface area (Å²) < 4.78 is 0. The van der Waals surface area contributed by atoms with Gasteiger partial charge < -0.3 is 10.2 Å². The predicted octanol–water partition coefficient (Wildman–Crippen LogP) is 2.36. The monoisotopic (exact) mass is 208 g/mol. The average Bonchev–Trinajstić information content (AvgIpc) is 2.18. The van der Waals surface area contributed by atoms with Gasteiger partial charge in [0.1, 0.15) is 5.75 Å². The third kappa shape index (κ3) is 3.62. The molecule has 15 heavy (non-hydrogen) atoms. The maximum atomic E-state index is 10.6. The molecule has 0 spiro atoms. The molecule has 0 aliphatic rings. The highest BCUT2D eigenvalue weighted by atomic mass is 16.4. The van der Waals surface area contributed by atoms with E-state index in [9.17, 15) is 9.90 Å². The van der Waals surface area contributed by atoms with Crippen molar-refractivity contribution in [2.45, 2.75) is 32.6 Å². The fraction of sp³-hybridized carbons (Fsp3) is 0.417. The summed E-state index contributed by atoms with van der Waals surface area (Å²) in [5.74, 6) is -0.631. The number of carboxylic acid groups (broad SMARTS) is 1. The van der Waals surface area contributed by atoms with Gasteiger partial charge in [0, 0.05) is 0 Å². The Hall–Kier alpha value is -1.51. The summed E-state index contributed by atoms with van der Waals surface area (Å²) in [5.41, 5.74) is 1.74. The lowest BCUT2D eigenvalue weighted by Crippen LogP contribution is -2.03. The number of hydrogen-bond acceptors (Lipinski definition) is 2. The molecule has 3 nitrogen and oxygen atoms in total. The van der Waals surface area contributed by atoms with Crippen LogP contribution in [0.4, 0.5) is 0 Å². The van der Waals surface area contributed by atoms with Crippen molar-refractivity contribution in [2.24, 2.45) is 0 Å². The van der Waals surface area contributed by atoms with Gasteiger partial charge in [-0.05, 0) is 36.1 Å². The molecule has 1 rings (SSSR count). The lowest BCUT2D eigenvalue weighted by Gasteiger charge is -2.07. The highest BCUT2D eigenvalue weighted by molar-refractivity contribution is 5.70. The number of aromatic hydroxyl groups is 1. The molecule has 0 unspecified atom stereocenters. The average molecular weight is 208 g/mol. The van der Waals surface area contributed by atoms with Crippen LogP contribution in [0.3, 0.4) is 0 Å². The topological polar surface area (TPSA) is 57.5 Å². The standard InChI is InChI=1S/C12H16O3/c1-2-3-4-9-7-11(13)6-5-10(9)8-12(14)15/h5-7,13H,2-4,8H2,1H3,(H,14,15). The third-order valence-corrected chi connectivity index (χ3v) is 2.33. The number of carbonyl (C=O) groups is 1. The van der Waals surface area contributed by atoms with Crippen molar-refractivity contribution in [2.75, 3.05) is 0 Å². The van der Waals surface area contributed by atoms with Crippen molar-refractivity contribution in [1.29, 1.82) is 0 Å². The maximum absolute atomic E-state index is 10.6. The van der Waals surface area contributed by atoms with Gasteiger partial charge in [-0.1, -0.05) is 19.4 Å². The summed E-state index contributed by atoms with van der Waals surface area (Å²) in [5, 5.41) is 18.0. The zero-order valence-corrected chi connectivity index (χ0v) is 8.86. The van der Waals surface area contributed by atoms with Crippen LogP contribution in [-0.2, 0) is 17.6 Å². The highest BCUT2D eigenvalue weighted by Gasteiger charge is 2.07. The van der Waals surface area contributed by atoms with Gasteiger partial charge in [-0.25, -0.2) is 0 Å². The van der Waals surface area contributed by atoms with E-state index in [-0.39, 0.29) is 12.2 Å². The molecule has 0 amide bonds. The molecule has 0 heterocycles. The van der Waals surface area contributed by atoms with E-state index in [4.69, 9.17) is 5.11 Å². The van der Waals surface area contributed by atoms with Gasteiger partial charge in [0.25, 0.3) is 0 Å². The molecular weight excluding hydrogens is 192 g/mol. The largest absolute Gasteiger partial charge is 0.508 e. The first kappa shape index (κ1) is 11.6. The molecule has 1 aromatic rings. The van der Waals surface area contributed by atoms with Crippen LogP contribution in [0.1, 0.15) is 30.9 Å². The Labute approximate surface area is 89.4 Å². The third-order valence-electron chi connectivity index (χ3n) is 2.33. The van der Waals surface area contributed by atoms with E-state index in [1.54, 1.807) is 12.1 Å². The van der Waals surface area contributed by atoms with E-state index in [2.05, 4.69) is 6.92 Å². The minimum atomic E-state index is -0.835. The first-order valence-electron chi connectivity index (χ1n) is 5.16. The van der Waals surface area contributed by atoms with Crippen LogP contribution in [0.5, 0.6) is 5.75 Å². The van der Waals surface area contributed by atoms with Gasteiger partial charge in [0.2, 0.25) is 0 Å². The second-order valence-electron chi connectivity index (χ2n) is 3.63. The minimum Gasteiger partial charge on any atom is -0.508 e. The maximum Gasteiger partial charge on any atom is 0.307 e. The van der Waals surface area contributed by atoms with Gasteiger partial charge >= 0.3 is 5.97 Å². The molecule has 0 aliphatic carbocycles. The minimum absolute atomic E-state index is 0.0271. The summed E-state index contributed by atoms with van der Waals surface area (Å²) in [6, 6.07) is 4.89. The summed E-state index contributed by atoms with van der Waals surface area (Å²) in [6.07, 6.45) is 2.92. The number of hydrogen-bond donors (Lipinski definition) is 2. The first-order chi connectivity index (χ1) is 7.13. The molecule has 0 radical (unpaired) electrons. The van der Waals surface area contributed by atoms with Crippen molar-refractivity contribution in [1.82, 2.24) is 0 Å². The fourth-order valence-electron chi connectivity index (χ4n) is 1.55. The lowest BCUT2D eigenvalue weighted by atomic mass is 9.99. The second-order valence-corrected chi connectivity index (χ2v) is 3.63. The Bertz CT molecular complexity index is 345. The van der Waals surface area contributed by atoms with Gasteiger partial charge in [-0.2, -0.15) is 0 Å². The number of benzene rings is 1. The van der Waals surface area contributed by atoms with Crippen molar-refractivity contribution < 1.29 is 15.0 Å². The number of rotatable bonds is 5. The number of aliphatic carboxylic acids is 1. The van der Waals surface area contributed by atoms with Crippen molar-refractivity contribution in [3.8, 4) is 5.75 Å². The first-order valence-corrected chi connectivity index (χ1v) is 5.16. The zero-order valence-electron chi connectivity index (χ0n) is 8.86. The van der Waals surface area contributed by atoms with Gasteiger partial charge in [-0.15, -0.1) is 0 Å². The van der Waals surface area contributed by atoms with Crippen LogP contribution >= 0.6 is 0 Å². The lowest BCUT2D eigenvalue weighted by molar-refractivity contribution is -0.136. The van der Waals surface area contributed by atoms with Crippen LogP contribution in [0.2, 0.25) is 0 Å². The normalized spacial score (nSPS) is 10.2. The summed E-state index contributed by atoms with van der Waals surface area (Å²) in [4.78, 5) is 10.6. The van der Waals surface area contributed by atoms with Gasteiger partial charge in [0.15, 0.2) is 0 Å². The predicted molar refractivity (Wildman–Crippen MR) is 58.1 cm³/mol. The smallest absolute Gasteiger partial charge is 0.307 e. The Morgan fingerprint density at radius 3 is 2.67 bits per heavy atom. The van der Waals surface area contributed by atoms with E-state index in [1.807, 2.05) is 0 Å². The Morgan fingerprint density at radius 1 is 1.33 bits per heavy atom. The Balaban J connectivity index is 2.87. The molecule has 0 bridgehead atoms. The van der Waals surface area contributed by atoms with Gasteiger partial charge in [-0.3, -0.25) is 4.79 Å². The van der Waals surface area contributed by atoms with E-state index < -0.39 is 5.97 Å². The van der Waals surface area contributed by atoms with E-state index in [0.29, 0.717) is 0 Å². The molecule has 0 saturated heterocycles. The number of unbranched alkanes of at least 4 members (excludes halogenated alkanes) is 1. The van der Waals surface area contributed by atoms with Crippen molar-refractivity contribution in [3.05, 3.63) is 29.3 Å². The molecule has 0 fully saturated rings. The van der Waals surface area contributed by atoms with Crippen molar-refractivity contribution in [3.63, 3.8) is 0 Å². The fourth-order valence-corrected chi connectivity index (χ4v) is 1.55. The zero-order chi connectivity index (χ0) is 11.3. The summed E-state index contributed by atoms with van der Waals surface area (Å²) in [6.45, 7) is 2.08. The van der Waals surface area contributed by atoms with Crippen LogP contribution < -0.4 is 0 Å². The highest BCUT2D eigenvalue weighted by Crippen LogP contribution is 2.19. The Morgan fingerprint density at radius 2 is 2.07 bits per heavy atom. The molecular formula is C12H16O3. The van der Waals surface area contributed by atoms with E-state index >= 15 is 0 Å². The van der Waals surface area contributed by atoms with Gasteiger partial charge in [0.05, 0.1) is 6.42 Å². The Kier molecular flexibility index (Phi) is 4.16. The summed E-state index contributed by atoms with van der Waals surface area (Å²) in [7, 11) is 0. The molecule has 3 heteroatoms. The molecule has 0 atom stereocenters. The molecule has 2 N–H and O–H groups in total. The number of carboxylic acids is 1. The number of phenols is 1. The SMILES string of the molecule is CCCCc1cc(O)ccc1CC(=O)O. The summed E-state index contributed by atoms with van der Waals surface area (Å²) >= 11 is 0. The molecule has 1 aromatic carbocycles. The molecule has 0 aromatic heterocycles. The van der Waals surface area contributed by atoms with Crippen molar-refractivity contribution >= 4 is 5.97 Å². The number of aryl methyl sites for hydroxylation is 1. The molecule has 0 aliphatic heterocycles.